The van der Waals surface area contributed by atoms with E-state index < -0.39 is 11.9 Å². The number of Topliss-reactive ketones (excluding diaryl/α,β-unsaturated/α-hetero) is 1. The highest BCUT2D eigenvalue weighted by molar-refractivity contribution is 7.98. The van der Waals surface area contributed by atoms with Crippen LogP contribution in [0.15, 0.2) is 52.0 Å². The van der Waals surface area contributed by atoms with E-state index >= 15 is 0 Å². The molecule has 1 aromatic carbocycles. The predicted octanol–water partition coefficient (Wildman–Crippen LogP) is 2.16. The fourth-order valence-electron chi connectivity index (χ4n) is 1.70. The van der Waals surface area contributed by atoms with Gasteiger partial charge in [0.15, 0.2) is 18.2 Å². The number of carbonyl (C=O) groups excluding carboxylic acids is 3. The molecule has 1 heterocycles. The average Bonchev–Trinajstić information content (AvgIpc) is 3.12. The van der Waals surface area contributed by atoms with Crippen LogP contribution in [0.1, 0.15) is 20.9 Å². The van der Waals surface area contributed by atoms with E-state index in [2.05, 4.69) is 5.32 Å². The fraction of sp³-hybridized carbons (Fsp3) is 0.188. The normalized spacial score (nSPS) is 10.1. The second kappa shape index (κ2) is 8.19. The second-order valence-corrected chi connectivity index (χ2v) is 5.35. The number of ether oxygens (including phenoxy) is 1. The molecule has 0 unspecified atom stereocenters. The number of benzene rings is 1. The number of amides is 1. The van der Waals surface area contributed by atoms with E-state index in [0.717, 1.165) is 4.90 Å². The number of rotatable bonds is 7. The summed E-state index contributed by atoms with van der Waals surface area (Å²) < 4.78 is 9.73. The molecule has 7 heteroatoms. The van der Waals surface area contributed by atoms with Gasteiger partial charge in [0.05, 0.1) is 6.26 Å². The molecule has 0 fully saturated rings. The Bertz CT molecular complexity index is 679. The minimum Gasteiger partial charge on any atom is -0.459 e. The van der Waals surface area contributed by atoms with Crippen molar-refractivity contribution in [3.8, 4) is 0 Å². The molecular weight excluding hydrogens is 318 g/mol. The maximum atomic E-state index is 11.9. The summed E-state index contributed by atoms with van der Waals surface area (Å²) in [5.41, 5.74) is 0.468. The number of hydrogen-bond acceptors (Lipinski definition) is 6. The van der Waals surface area contributed by atoms with Crippen molar-refractivity contribution < 1.29 is 23.5 Å². The Morgan fingerprint density at radius 1 is 1.17 bits per heavy atom. The number of nitrogens with one attached hydrogen (secondary N) is 1. The quantitative estimate of drug-likeness (QED) is 0.475. The van der Waals surface area contributed by atoms with Gasteiger partial charge < -0.3 is 14.5 Å². The van der Waals surface area contributed by atoms with Crippen LogP contribution in [0.25, 0.3) is 0 Å². The zero-order valence-corrected chi connectivity index (χ0v) is 13.2. The third-order valence-electron chi connectivity index (χ3n) is 2.91. The lowest BCUT2D eigenvalue weighted by Crippen LogP contribution is -2.31. The van der Waals surface area contributed by atoms with E-state index in [-0.39, 0.29) is 24.7 Å². The number of carbonyl (C=O) groups is 3. The highest BCUT2D eigenvalue weighted by Gasteiger charge is 2.13. The summed E-state index contributed by atoms with van der Waals surface area (Å²) in [6, 6.07) is 10.0. The standard InChI is InChI=1S/C16H15NO5S/c1-23-12-6-4-11(5-7-12)13(18)10-22-15(19)9-17-16(20)14-3-2-8-21-14/h2-8H,9-10H2,1H3,(H,17,20). The lowest BCUT2D eigenvalue weighted by Gasteiger charge is -2.06. The number of hydrogen-bond donors (Lipinski definition) is 1. The van der Waals surface area contributed by atoms with Crippen LogP contribution in [0.5, 0.6) is 0 Å². The van der Waals surface area contributed by atoms with Gasteiger partial charge in [0.25, 0.3) is 5.91 Å². The van der Waals surface area contributed by atoms with Crippen molar-refractivity contribution >= 4 is 29.4 Å². The fourth-order valence-corrected chi connectivity index (χ4v) is 2.11. The van der Waals surface area contributed by atoms with Gasteiger partial charge in [-0.1, -0.05) is 12.1 Å². The summed E-state index contributed by atoms with van der Waals surface area (Å²) >= 11 is 1.57. The molecule has 1 N–H and O–H groups in total. The molecule has 2 rings (SSSR count). The molecule has 6 nitrogen and oxygen atoms in total. The first-order valence-corrected chi connectivity index (χ1v) is 7.97. The number of esters is 1. The van der Waals surface area contributed by atoms with Gasteiger partial charge in [-0.2, -0.15) is 0 Å². The summed E-state index contributed by atoms with van der Waals surface area (Å²) in [4.78, 5) is 36.0. The smallest absolute Gasteiger partial charge is 0.325 e. The molecule has 0 aliphatic carbocycles. The molecule has 0 saturated carbocycles. The molecule has 0 atom stereocenters. The Balaban J connectivity index is 1.75. The van der Waals surface area contributed by atoms with Gasteiger partial charge in [0.1, 0.15) is 6.54 Å². The van der Waals surface area contributed by atoms with Crippen molar-refractivity contribution in [2.45, 2.75) is 4.90 Å². The van der Waals surface area contributed by atoms with Gasteiger partial charge in [-0.25, -0.2) is 0 Å². The first-order chi connectivity index (χ1) is 11.1. The van der Waals surface area contributed by atoms with Crippen molar-refractivity contribution in [3.63, 3.8) is 0 Å². The number of ketones is 1. The zero-order valence-electron chi connectivity index (χ0n) is 12.4. The van der Waals surface area contributed by atoms with E-state index in [4.69, 9.17) is 9.15 Å². The molecule has 1 aromatic heterocycles. The van der Waals surface area contributed by atoms with E-state index in [9.17, 15) is 14.4 Å². The van der Waals surface area contributed by atoms with Gasteiger partial charge >= 0.3 is 5.97 Å². The lowest BCUT2D eigenvalue weighted by molar-refractivity contribution is -0.141. The zero-order chi connectivity index (χ0) is 16.7. The highest BCUT2D eigenvalue weighted by atomic mass is 32.2. The molecule has 0 aliphatic rings. The summed E-state index contributed by atoms with van der Waals surface area (Å²) in [5, 5.41) is 2.34. The van der Waals surface area contributed by atoms with Crippen molar-refractivity contribution in [2.24, 2.45) is 0 Å². The molecule has 0 bridgehead atoms. The second-order valence-electron chi connectivity index (χ2n) is 4.47. The van der Waals surface area contributed by atoms with Gasteiger partial charge in [0.2, 0.25) is 0 Å². The van der Waals surface area contributed by atoms with E-state index in [0.29, 0.717) is 5.56 Å². The Kier molecular flexibility index (Phi) is 5.99. The number of thioether (sulfide) groups is 1. The molecule has 0 aliphatic heterocycles. The van der Waals surface area contributed by atoms with Crippen LogP contribution in [0.2, 0.25) is 0 Å². The van der Waals surface area contributed by atoms with Gasteiger partial charge in [0, 0.05) is 10.5 Å². The lowest BCUT2D eigenvalue weighted by atomic mass is 10.1. The topological polar surface area (TPSA) is 85.6 Å². The Hall–Kier alpha value is -2.54. The third-order valence-corrected chi connectivity index (χ3v) is 3.66. The molecule has 1 amide bonds. The SMILES string of the molecule is CSc1ccc(C(=O)COC(=O)CNC(=O)c2ccco2)cc1. The van der Waals surface area contributed by atoms with Crippen LogP contribution in [0.4, 0.5) is 0 Å². The van der Waals surface area contributed by atoms with Crippen molar-refractivity contribution in [3.05, 3.63) is 54.0 Å². The number of furan rings is 1. The van der Waals surface area contributed by atoms with Gasteiger partial charge in [-0.05, 0) is 30.5 Å². The molecule has 23 heavy (non-hydrogen) atoms. The summed E-state index contributed by atoms with van der Waals surface area (Å²) in [6.07, 6.45) is 3.30. The average molecular weight is 333 g/mol. The van der Waals surface area contributed by atoms with Crippen LogP contribution in [-0.2, 0) is 9.53 Å². The minimum atomic E-state index is -0.695. The molecule has 0 spiro atoms. The maximum Gasteiger partial charge on any atom is 0.325 e. The predicted molar refractivity (Wildman–Crippen MR) is 84.6 cm³/mol. The van der Waals surface area contributed by atoms with Crippen LogP contribution < -0.4 is 5.32 Å². The molecular formula is C16H15NO5S. The summed E-state index contributed by atoms with van der Waals surface area (Å²) in [7, 11) is 0. The monoisotopic (exact) mass is 333 g/mol. The Morgan fingerprint density at radius 3 is 2.52 bits per heavy atom. The third kappa shape index (κ3) is 5.00. The molecule has 2 aromatic rings. The van der Waals surface area contributed by atoms with Crippen molar-refractivity contribution in [2.75, 3.05) is 19.4 Å². The van der Waals surface area contributed by atoms with Crippen LogP contribution >= 0.6 is 11.8 Å². The van der Waals surface area contributed by atoms with Crippen LogP contribution in [-0.4, -0.2) is 37.1 Å². The minimum absolute atomic E-state index is 0.0998. The highest BCUT2D eigenvalue weighted by Crippen LogP contribution is 2.15. The first kappa shape index (κ1) is 16.8. The summed E-state index contributed by atoms with van der Waals surface area (Å²) in [6.45, 7) is -0.702. The Labute approximate surface area is 137 Å². The van der Waals surface area contributed by atoms with Crippen molar-refractivity contribution in [1.82, 2.24) is 5.32 Å². The molecule has 120 valence electrons. The van der Waals surface area contributed by atoms with E-state index in [1.807, 2.05) is 18.4 Å². The van der Waals surface area contributed by atoms with E-state index in [1.165, 1.54) is 12.3 Å². The maximum absolute atomic E-state index is 11.9. The molecule has 0 saturated heterocycles. The Morgan fingerprint density at radius 2 is 1.91 bits per heavy atom. The van der Waals surface area contributed by atoms with Gasteiger partial charge in [-0.3, -0.25) is 14.4 Å². The van der Waals surface area contributed by atoms with Gasteiger partial charge in [-0.15, -0.1) is 11.8 Å². The van der Waals surface area contributed by atoms with Crippen LogP contribution in [0.3, 0.4) is 0 Å². The first-order valence-electron chi connectivity index (χ1n) is 6.74. The van der Waals surface area contributed by atoms with Crippen molar-refractivity contribution in [1.29, 1.82) is 0 Å². The largest absolute Gasteiger partial charge is 0.459 e. The summed E-state index contributed by atoms with van der Waals surface area (Å²) in [5.74, 6) is -1.42. The molecule has 0 radical (unpaired) electrons. The van der Waals surface area contributed by atoms with Crippen LogP contribution in [0, 0.1) is 0 Å². The van der Waals surface area contributed by atoms with E-state index in [1.54, 1.807) is 30.0 Å².